The molecule has 474 valence electrons. The Morgan fingerprint density at radius 2 is 1.74 bits per heavy atom. The standard InChI is InChI=1S/C70H91N5O11S2/c1-41(2)59-36-88-87-35-57-56-30-55-43-9-13-50(79)28-49(78)12-8-42-11-15-60(81)63(85-40-77)52(42)7-5-6-44(26-43)62(64(55)86-65(56)82)84-39-73-70-38-68(25-24-67(37-68)20-16-47(33-72-3)53-29-51(80)14-10-45(53)31-67)21-18-48(70)27-54(61(34-76)83-4)46-17-22-69(70,32-46)23-19-58(57)74-66(71)75-59/h10-11,14-15,17,22,26,29,41,46-48,50,54,56-59,61,65,72-73,76-77,79-82H,6,8-9,12-13,16,18,20-21,24-25,27-28,30-40H2,1-4H3,(H3,71,74,75). The molecule has 88 heavy (non-hydrogen) atoms. The van der Waals surface area contributed by atoms with E-state index in [0.29, 0.717) is 77.3 Å². The molecule has 3 aromatic rings. The number of Topliss-reactive ketones (excluding diaryl/α,β-unsaturated/α-hetero) is 1. The SMILES string of the molecule is CNCC1CCC2(CCC3(CCC4CC(C(CO)OC)C5C=CC6(C#CC7NC(N)=NC(C(C)C)CSSCC7C7Cc8c9cc(c(c8OC7O)OCNC46C3)CC#Cc3c(ccc(O)c3OCO)CCC(=O)CC(O)CC9)C5)C2)Cc2ccc(O)cc21. The highest BCUT2D eigenvalue weighted by molar-refractivity contribution is 8.76. The molecule has 13 rings (SSSR count). The number of ketones is 1. The highest BCUT2D eigenvalue weighted by atomic mass is 33.1. The summed E-state index contributed by atoms with van der Waals surface area (Å²) in [6.07, 6.45) is 14.4. The molecule has 16 nitrogen and oxygen atoms in total. The quantitative estimate of drug-likeness (QED) is 0.0445. The maximum atomic E-state index is 13.6. The Hall–Kier alpha value is -5.12. The van der Waals surface area contributed by atoms with Crippen LogP contribution in [-0.2, 0) is 41.6 Å². The van der Waals surface area contributed by atoms with E-state index in [4.69, 9.17) is 29.7 Å². The van der Waals surface area contributed by atoms with E-state index in [2.05, 4.69) is 77.8 Å². The van der Waals surface area contributed by atoms with Crippen LogP contribution in [0.5, 0.6) is 28.7 Å². The van der Waals surface area contributed by atoms with Crippen LogP contribution in [0.4, 0.5) is 0 Å². The smallest absolute Gasteiger partial charge is 0.201 e. The predicted molar refractivity (Wildman–Crippen MR) is 343 cm³/mol. The number of rotatable bonds is 8. The number of nitrogens with zero attached hydrogens (tertiary/aromatic N) is 1. The number of likely N-dealkylation sites (N-methyl/N-ethyl adjacent to an activating group) is 1. The predicted octanol–water partition coefficient (Wildman–Crippen LogP) is 7.97. The molecule has 18 heteroatoms. The third-order valence-electron chi connectivity index (χ3n) is 22.3. The maximum absolute atomic E-state index is 13.6. The van der Waals surface area contributed by atoms with Gasteiger partial charge in [0.15, 0.2) is 35.8 Å². The lowest BCUT2D eigenvalue weighted by Gasteiger charge is -2.58. The first-order chi connectivity index (χ1) is 42.5. The van der Waals surface area contributed by atoms with E-state index in [1.54, 1.807) is 34.8 Å². The van der Waals surface area contributed by atoms with E-state index in [9.17, 15) is 35.4 Å². The minimum Gasteiger partial charge on any atom is -0.508 e. The molecule has 3 aromatic carbocycles. The molecule has 0 radical (unpaired) electrons. The fourth-order valence-electron chi connectivity index (χ4n) is 17.8. The molecule has 11 N–H and O–H groups in total. The van der Waals surface area contributed by atoms with E-state index >= 15 is 0 Å². The van der Waals surface area contributed by atoms with E-state index in [1.807, 2.05) is 19.2 Å². The van der Waals surface area contributed by atoms with Crippen LogP contribution in [-0.4, -0.2) is 131 Å². The molecule has 3 saturated carbocycles. The lowest BCUT2D eigenvalue weighted by atomic mass is 9.51. The summed E-state index contributed by atoms with van der Waals surface area (Å²) in [5, 5.41) is 78.9. The number of phenols is 2. The number of methoxy groups -OCH3 is 1. The minimum atomic E-state index is -1.30. The Balaban J connectivity index is 1.03. The Kier molecular flexibility index (Phi) is 18.8. The lowest BCUT2D eigenvalue weighted by molar-refractivity contribution is -0.121. The molecule has 10 aliphatic rings. The first kappa shape index (κ1) is 63.0. The number of aliphatic hydroxyl groups is 4. The summed E-state index contributed by atoms with van der Waals surface area (Å²) in [5.74, 6) is 17.2. The summed E-state index contributed by atoms with van der Waals surface area (Å²) in [4.78, 5) is 18.7. The van der Waals surface area contributed by atoms with Gasteiger partial charge in [-0.25, -0.2) is 4.99 Å². The van der Waals surface area contributed by atoms with E-state index in [0.717, 1.165) is 87.6 Å². The number of phenolic OH excluding ortho intramolecular Hbond substituents is 2. The summed E-state index contributed by atoms with van der Waals surface area (Å²) in [5.41, 5.74) is 11.7. The van der Waals surface area contributed by atoms with Crippen molar-refractivity contribution in [3.8, 4) is 52.4 Å². The van der Waals surface area contributed by atoms with Gasteiger partial charge in [0.2, 0.25) is 6.29 Å². The lowest BCUT2D eigenvalue weighted by Crippen LogP contribution is -2.66. The Bertz CT molecular complexity index is 3280. The molecule has 0 aromatic heterocycles. The first-order valence-electron chi connectivity index (χ1n) is 32.3. The Morgan fingerprint density at radius 3 is 2.55 bits per heavy atom. The number of aliphatic imine (C=N–C) groups is 1. The summed E-state index contributed by atoms with van der Waals surface area (Å²) in [6, 6.07) is 10.7. The second kappa shape index (κ2) is 26.2. The number of ether oxygens (including phenoxy) is 4. The van der Waals surface area contributed by atoms with Crippen LogP contribution in [0, 0.1) is 75.4 Å². The van der Waals surface area contributed by atoms with Crippen molar-refractivity contribution in [3.05, 3.63) is 87.5 Å². The summed E-state index contributed by atoms with van der Waals surface area (Å²) >= 11 is 0. The maximum Gasteiger partial charge on any atom is 0.201 e. The summed E-state index contributed by atoms with van der Waals surface area (Å²) in [6.45, 7) is 4.44. The van der Waals surface area contributed by atoms with Crippen LogP contribution in [0.15, 0.2) is 53.5 Å². The van der Waals surface area contributed by atoms with Gasteiger partial charge in [-0.2, -0.15) is 0 Å². The van der Waals surface area contributed by atoms with Crippen molar-refractivity contribution in [2.24, 2.45) is 62.5 Å². The monoisotopic (exact) mass is 1240 g/mol. The van der Waals surface area contributed by atoms with Gasteiger partial charge in [-0.15, -0.1) is 0 Å². The minimum absolute atomic E-state index is 0.0108. The van der Waals surface area contributed by atoms with E-state index in [-0.39, 0.29) is 109 Å². The number of aryl methyl sites for hydroxylation is 2. The van der Waals surface area contributed by atoms with Gasteiger partial charge in [-0.3, -0.25) is 10.1 Å². The fraction of sp³-hybridized carbons (Fsp3) is 0.629. The third kappa shape index (κ3) is 12.3. The van der Waals surface area contributed by atoms with Crippen LogP contribution in [0.1, 0.15) is 142 Å². The van der Waals surface area contributed by atoms with Gasteiger partial charge in [-0.05, 0) is 184 Å². The zero-order valence-electron chi connectivity index (χ0n) is 51.6. The molecule has 4 spiro atoms. The molecular formula is C70H91N5O11S2. The molecule has 4 aliphatic heterocycles. The molecule has 0 amide bonds. The van der Waals surface area contributed by atoms with Crippen molar-refractivity contribution in [1.82, 2.24) is 16.0 Å². The highest BCUT2D eigenvalue weighted by Gasteiger charge is 2.66. The second-order valence-corrected chi connectivity index (χ2v) is 30.3. The number of hydrogen-bond acceptors (Lipinski definition) is 18. The van der Waals surface area contributed by atoms with Crippen molar-refractivity contribution >= 4 is 33.3 Å². The van der Waals surface area contributed by atoms with Gasteiger partial charge in [0, 0.05) is 72.9 Å². The highest BCUT2D eigenvalue weighted by Crippen LogP contribution is 2.68. The van der Waals surface area contributed by atoms with Crippen LogP contribution >= 0.6 is 21.6 Å². The number of nitrogens with two attached hydrogens (primary N) is 1. The molecular weight excluding hydrogens is 1150 g/mol. The zero-order chi connectivity index (χ0) is 61.5. The van der Waals surface area contributed by atoms with Crippen LogP contribution in [0.3, 0.4) is 0 Å². The average molecular weight is 1240 g/mol. The fourth-order valence-corrected chi connectivity index (χ4v) is 20.7. The van der Waals surface area contributed by atoms with Gasteiger partial charge in [0.05, 0.1) is 41.9 Å². The van der Waals surface area contributed by atoms with Crippen LogP contribution < -0.4 is 35.9 Å². The zero-order valence-corrected chi connectivity index (χ0v) is 53.2. The number of aromatic hydroxyl groups is 2. The number of hydrogen-bond donors (Lipinski definition) is 10. The molecule has 15 atom stereocenters. The summed E-state index contributed by atoms with van der Waals surface area (Å²) < 4.78 is 26.2. The van der Waals surface area contributed by atoms with Gasteiger partial charge in [0.1, 0.15) is 18.3 Å². The number of carbonyl (C=O) groups is 1. The van der Waals surface area contributed by atoms with Crippen molar-refractivity contribution in [3.63, 3.8) is 0 Å². The molecule has 4 heterocycles. The number of fused-ring (bicyclic) bond motifs is 8. The van der Waals surface area contributed by atoms with Crippen molar-refractivity contribution in [2.75, 3.05) is 52.3 Å². The van der Waals surface area contributed by atoms with Crippen LogP contribution in [0.2, 0.25) is 0 Å². The first-order valence-corrected chi connectivity index (χ1v) is 34.8. The number of guanidine groups is 1. The van der Waals surface area contributed by atoms with Crippen molar-refractivity contribution in [1.29, 1.82) is 0 Å². The number of aliphatic hydroxyl groups excluding tert-OH is 4. The Labute approximate surface area is 527 Å². The van der Waals surface area contributed by atoms with Crippen molar-refractivity contribution < 1.29 is 54.4 Å². The van der Waals surface area contributed by atoms with Gasteiger partial charge in [-0.1, -0.05) is 89.5 Å². The number of benzene rings is 3. The third-order valence-corrected chi connectivity index (χ3v) is 24.8. The molecule has 3 fully saturated rings. The topological polar surface area (TPSA) is 250 Å². The molecule has 6 aliphatic carbocycles. The van der Waals surface area contributed by atoms with E-state index in [1.165, 1.54) is 17.2 Å². The number of carbonyl (C=O) groups excluding carboxylic acids is 1. The average Bonchev–Trinajstić information content (AvgIpc) is 1.52. The van der Waals surface area contributed by atoms with E-state index < -0.39 is 42.1 Å². The molecule has 8 bridgehead atoms. The normalized spacial score (nSPS) is 34.9. The summed E-state index contributed by atoms with van der Waals surface area (Å²) in [7, 11) is 7.26. The Morgan fingerprint density at radius 1 is 0.920 bits per heavy atom. The number of allylic oxidation sites excluding steroid dienone is 1. The van der Waals surface area contributed by atoms with Crippen molar-refractivity contribution in [2.45, 2.75) is 171 Å². The van der Waals surface area contributed by atoms with Crippen LogP contribution in [0.25, 0.3) is 0 Å². The molecule has 15 unspecified atom stereocenters. The van der Waals surface area contributed by atoms with Gasteiger partial charge < -0.3 is 66.0 Å². The largest absolute Gasteiger partial charge is 0.508 e. The van der Waals surface area contributed by atoms with Gasteiger partial charge >= 0.3 is 0 Å². The molecule has 0 saturated heterocycles. The van der Waals surface area contributed by atoms with Gasteiger partial charge in [0.25, 0.3) is 0 Å². The number of nitrogens with one attached hydrogen (secondary N) is 3. The second-order valence-electron chi connectivity index (χ2n) is 27.7.